The molecule has 124 valence electrons. The van der Waals surface area contributed by atoms with Gasteiger partial charge >= 0.3 is 5.97 Å². The Kier molecular flexibility index (Phi) is 4.37. The Bertz CT molecular complexity index is 585. The molecule has 3 atom stereocenters. The van der Waals surface area contributed by atoms with Gasteiger partial charge in [-0.15, -0.1) is 0 Å². The van der Waals surface area contributed by atoms with Crippen LogP contribution in [0.2, 0.25) is 0 Å². The summed E-state index contributed by atoms with van der Waals surface area (Å²) in [5, 5.41) is 6.23. The van der Waals surface area contributed by atoms with E-state index < -0.39 is 11.6 Å². The SMILES string of the molecule is COC(=O)c1ccc(NC(=O)[C@@]2(C)C[C@H]3CNCC[C@H]3O2)cc1. The maximum atomic E-state index is 12.6. The Morgan fingerprint density at radius 1 is 1.35 bits per heavy atom. The van der Waals surface area contributed by atoms with Crippen LogP contribution in [0.25, 0.3) is 0 Å². The van der Waals surface area contributed by atoms with Crippen LogP contribution in [0.5, 0.6) is 0 Å². The molecule has 2 saturated heterocycles. The number of fused-ring (bicyclic) bond motifs is 1. The first-order valence-electron chi connectivity index (χ1n) is 7.90. The van der Waals surface area contributed by atoms with Crippen LogP contribution in [0.3, 0.4) is 0 Å². The van der Waals surface area contributed by atoms with Crippen molar-refractivity contribution in [1.82, 2.24) is 5.32 Å². The van der Waals surface area contributed by atoms with E-state index in [9.17, 15) is 9.59 Å². The van der Waals surface area contributed by atoms with E-state index in [-0.39, 0.29) is 12.0 Å². The van der Waals surface area contributed by atoms with Crippen molar-refractivity contribution in [3.63, 3.8) is 0 Å². The van der Waals surface area contributed by atoms with Gasteiger partial charge in [0.1, 0.15) is 5.60 Å². The Morgan fingerprint density at radius 3 is 2.74 bits per heavy atom. The maximum Gasteiger partial charge on any atom is 0.337 e. The average molecular weight is 318 g/mol. The highest BCUT2D eigenvalue weighted by molar-refractivity contribution is 5.98. The van der Waals surface area contributed by atoms with Gasteiger partial charge in [0.2, 0.25) is 0 Å². The number of anilines is 1. The molecule has 2 fully saturated rings. The highest BCUT2D eigenvalue weighted by Crippen LogP contribution is 2.38. The minimum atomic E-state index is -0.803. The van der Waals surface area contributed by atoms with E-state index in [0.717, 1.165) is 25.9 Å². The van der Waals surface area contributed by atoms with Gasteiger partial charge in [0, 0.05) is 18.2 Å². The predicted octanol–water partition coefficient (Wildman–Crippen LogP) is 1.57. The first kappa shape index (κ1) is 16.0. The molecular formula is C17H22N2O4. The summed E-state index contributed by atoms with van der Waals surface area (Å²) in [6.45, 7) is 3.69. The number of amides is 1. The number of piperidine rings is 1. The third kappa shape index (κ3) is 3.23. The summed E-state index contributed by atoms with van der Waals surface area (Å²) >= 11 is 0. The van der Waals surface area contributed by atoms with Gasteiger partial charge in [-0.25, -0.2) is 4.79 Å². The second kappa shape index (κ2) is 6.29. The first-order valence-corrected chi connectivity index (χ1v) is 7.90. The quantitative estimate of drug-likeness (QED) is 0.827. The minimum absolute atomic E-state index is 0.141. The lowest BCUT2D eigenvalue weighted by atomic mass is 9.89. The van der Waals surface area contributed by atoms with E-state index in [4.69, 9.17) is 4.74 Å². The van der Waals surface area contributed by atoms with Crippen molar-refractivity contribution in [2.75, 3.05) is 25.5 Å². The molecule has 1 amide bonds. The molecule has 0 saturated carbocycles. The molecular weight excluding hydrogens is 296 g/mol. The monoisotopic (exact) mass is 318 g/mol. The highest BCUT2D eigenvalue weighted by Gasteiger charge is 2.48. The smallest absolute Gasteiger partial charge is 0.337 e. The largest absolute Gasteiger partial charge is 0.465 e. The van der Waals surface area contributed by atoms with Gasteiger partial charge in [-0.1, -0.05) is 0 Å². The second-order valence-corrected chi connectivity index (χ2v) is 6.37. The summed E-state index contributed by atoms with van der Waals surface area (Å²) in [7, 11) is 1.34. The van der Waals surface area contributed by atoms with Crippen molar-refractivity contribution in [2.24, 2.45) is 5.92 Å². The number of nitrogens with one attached hydrogen (secondary N) is 2. The zero-order valence-electron chi connectivity index (χ0n) is 13.4. The number of carbonyl (C=O) groups excluding carboxylic acids is 2. The van der Waals surface area contributed by atoms with Gasteiger partial charge in [-0.2, -0.15) is 0 Å². The molecule has 3 rings (SSSR count). The van der Waals surface area contributed by atoms with Gasteiger partial charge in [-0.05, 0) is 50.6 Å². The zero-order valence-corrected chi connectivity index (χ0v) is 13.4. The number of carbonyl (C=O) groups is 2. The third-order valence-electron chi connectivity index (χ3n) is 4.65. The van der Waals surface area contributed by atoms with Gasteiger partial charge in [-0.3, -0.25) is 4.79 Å². The summed E-state index contributed by atoms with van der Waals surface area (Å²) in [5.41, 5.74) is 0.286. The summed E-state index contributed by atoms with van der Waals surface area (Å²) in [4.78, 5) is 24.0. The standard InChI is InChI=1S/C17H22N2O4/c1-17(9-12-10-18-8-7-14(12)23-17)16(21)19-13-5-3-11(4-6-13)15(20)22-2/h3-6,12,14,18H,7-10H2,1-2H3,(H,19,21)/t12-,14+,17+/m0/s1. The topological polar surface area (TPSA) is 76.7 Å². The lowest BCUT2D eigenvalue weighted by Gasteiger charge is -2.25. The van der Waals surface area contributed by atoms with Gasteiger partial charge in [0.15, 0.2) is 0 Å². The van der Waals surface area contributed by atoms with E-state index in [1.54, 1.807) is 24.3 Å². The maximum absolute atomic E-state index is 12.6. The number of methoxy groups -OCH3 is 1. The molecule has 0 radical (unpaired) electrons. The predicted molar refractivity (Wildman–Crippen MR) is 85.3 cm³/mol. The second-order valence-electron chi connectivity index (χ2n) is 6.37. The molecule has 6 nitrogen and oxygen atoms in total. The fourth-order valence-electron chi connectivity index (χ4n) is 3.36. The Morgan fingerprint density at radius 2 is 2.09 bits per heavy atom. The van der Waals surface area contributed by atoms with Crippen molar-refractivity contribution >= 4 is 17.6 Å². The molecule has 0 unspecified atom stereocenters. The molecule has 0 bridgehead atoms. The highest BCUT2D eigenvalue weighted by atomic mass is 16.5. The van der Waals surface area contributed by atoms with Crippen LogP contribution < -0.4 is 10.6 Å². The van der Waals surface area contributed by atoms with Crippen molar-refractivity contribution in [3.8, 4) is 0 Å². The number of rotatable bonds is 3. The van der Waals surface area contributed by atoms with E-state index in [2.05, 4.69) is 15.4 Å². The molecule has 6 heteroatoms. The summed E-state index contributed by atoms with van der Waals surface area (Å²) in [6, 6.07) is 6.64. The van der Waals surface area contributed by atoms with E-state index >= 15 is 0 Å². The van der Waals surface area contributed by atoms with E-state index in [0.29, 0.717) is 17.2 Å². The molecule has 1 aromatic rings. The summed E-state index contributed by atoms with van der Waals surface area (Å²) in [6.07, 6.45) is 1.83. The van der Waals surface area contributed by atoms with Crippen molar-refractivity contribution < 1.29 is 19.1 Å². The fraction of sp³-hybridized carbons (Fsp3) is 0.529. The molecule has 2 heterocycles. The zero-order chi connectivity index (χ0) is 16.4. The molecule has 2 N–H and O–H groups in total. The minimum Gasteiger partial charge on any atom is -0.465 e. The summed E-state index contributed by atoms with van der Waals surface area (Å²) in [5.74, 6) is -0.149. The van der Waals surface area contributed by atoms with Crippen molar-refractivity contribution in [1.29, 1.82) is 0 Å². The molecule has 23 heavy (non-hydrogen) atoms. The number of ether oxygens (including phenoxy) is 2. The third-order valence-corrected chi connectivity index (χ3v) is 4.65. The van der Waals surface area contributed by atoms with E-state index in [1.807, 2.05) is 6.92 Å². The molecule has 1 aromatic carbocycles. The molecule has 0 aliphatic carbocycles. The van der Waals surface area contributed by atoms with Crippen LogP contribution in [0.1, 0.15) is 30.1 Å². The van der Waals surface area contributed by atoms with Crippen LogP contribution in [-0.2, 0) is 14.3 Å². The number of esters is 1. The number of benzene rings is 1. The van der Waals surface area contributed by atoms with Crippen LogP contribution >= 0.6 is 0 Å². The Balaban J connectivity index is 1.65. The van der Waals surface area contributed by atoms with Crippen LogP contribution in [-0.4, -0.2) is 43.8 Å². The average Bonchev–Trinajstić information content (AvgIpc) is 2.92. The van der Waals surface area contributed by atoms with E-state index in [1.165, 1.54) is 7.11 Å². The molecule has 2 aliphatic heterocycles. The number of hydrogen-bond acceptors (Lipinski definition) is 5. The van der Waals surface area contributed by atoms with Gasteiger partial charge in [0.05, 0.1) is 18.8 Å². The van der Waals surface area contributed by atoms with Crippen molar-refractivity contribution in [2.45, 2.75) is 31.5 Å². The van der Waals surface area contributed by atoms with Gasteiger partial charge in [0.25, 0.3) is 5.91 Å². The lowest BCUT2D eigenvalue weighted by molar-refractivity contribution is -0.138. The Hall–Kier alpha value is -1.92. The Labute approximate surface area is 135 Å². The van der Waals surface area contributed by atoms with Crippen LogP contribution in [0.4, 0.5) is 5.69 Å². The summed E-state index contributed by atoms with van der Waals surface area (Å²) < 4.78 is 10.7. The first-order chi connectivity index (χ1) is 11.0. The van der Waals surface area contributed by atoms with Crippen molar-refractivity contribution in [3.05, 3.63) is 29.8 Å². The normalized spacial score (nSPS) is 29.7. The van der Waals surface area contributed by atoms with Crippen LogP contribution in [0.15, 0.2) is 24.3 Å². The lowest BCUT2D eigenvalue weighted by Crippen LogP contribution is -2.40. The molecule has 2 aliphatic rings. The fourth-order valence-corrected chi connectivity index (χ4v) is 3.36. The molecule has 0 spiro atoms. The van der Waals surface area contributed by atoms with Gasteiger partial charge < -0.3 is 20.1 Å². The van der Waals surface area contributed by atoms with Crippen LogP contribution in [0, 0.1) is 5.92 Å². The number of hydrogen-bond donors (Lipinski definition) is 2. The molecule has 0 aromatic heterocycles.